The average molecular weight is 172 g/mol. The highest BCUT2D eigenvalue weighted by atomic mass is 16.6. The van der Waals surface area contributed by atoms with Crippen molar-refractivity contribution in [3.05, 3.63) is 12.8 Å². The SMILES string of the molecule is C=COCCCC1COCCO1. The molecular weight excluding hydrogens is 156 g/mol. The van der Waals surface area contributed by atoms with Crippen molar-refractivity contribution in [2.24, 2.45) is 0 Å². The first kappa shape index (κ1) is 9.55. The van der Waals surface area contributed by atoms with Gasteiger partial charge in [-0.3, -0.25) is 0 Å². The van der Waals surface area contributed by atoms with Crippen LogP contribution in [-0.2, 0) is 14.2 Å². The van der Waals surface area contributed by atoms with E-state index in [2.05, 4.69) is 6.58 Å². The summed E-state index contributed by atoms with van der Waals surface area (Å²) in [6.45, 7) is 6.39. The van der Waals surface area contributed by atoms with E-state index in [1.807, 2.05) is 0 Å². The highest BCUT2D eigenvalue weighted by Gasteiger charge is 2.13. The van der Waals surface area contributed by atoms with Gasteiger partial charge in [-0.15, -0.1) is 0 Å². The van der Waals surface area contributed by atoms with Crippen LogP contribution in [-0.4, -0.2) is 32.5 Å². The Morgan fingerprint density at radius 1 is 1.50 bits per heavy atom. The molecule has 1 saturated heterocycles. The summed E-state index contributed by atoms with van der Waals surface area (Å²) in [5.41, 5.74) is 0. The van der Waals surface area contributed by atoms with Crippen LogP contribution in [0.5, 0.6) is 0 Å². The van der Waals surface area contributed by atoms with E-state index in [0.717, 1.165) is 39.3 Å². The van der Waals surface area contributed by atoms with Crippen molar-refractivity contribution in [3.63, 3.8) is 0 Å². The molecule has 0 bridgehead atoms. The molecule has 3 heteroatoms. The molecule has 1 unspecified atom stereocenters. The van der Waals surface area contributed by atoms with Gasteiger partial charge < -0.3 is 14.2 Å². The average Bonchev–Trinajstić information content (AvgIpc) is 2.14. The summed E-state index contributed by atoms with van der Waals surface area (Å²) in [5.74, 6) is 0. The highest BCUT2D eigenvalue weighted by Crippen LogP contribution is 2.07. The molecule has 0 aromatic heterocycles. The van der Waals surface area contributed by atoms with Crippen LogP contribution in [0.2, 0.25) is 0 Å². The predicted molar refractivity (Wildman–Crippen MR) is 45.9 cm³/mol. The zero-order chi connectivity index (χ0) is 8.65. The van der Waals surface area contributed by atoms with E-state index in [9.17, 15) is 0 Å². The topological polar surface area (TPSA) is 27.7 Å². The summed E-state index contributed by atoms with van der Waals surface area (Å²) >= 11 is 0. The lowest BCUT2D eigenvalue weighted by Crippen LogP contribution is -2.28. The van der Waals surface area contributed by atoms with E-state index >= 15 is 0 Å². The van der Waals surface area contributed by atoms with Crippen molar-refractivity contribution in [1.29, 1.82) is 0 Å². The van der Waals surface area contributed by atoms with E-state index in [1.165, 1.54) is 6.26 Å². The summed E-state index contributed by atoms with van der Waals surface area (Å²) in [6, 6.07) is 0. The van der Waals surface area contributed by atoms with Gasteiger partial charge in [-0.2, -0.15) is 0 Å². The molecule has 3 nitrogen and oxygen atoms in total. The van der Waals surface area contributed by atoms with Crippen LogP contribution in [0.25, 0.3) is 0 Å². The monoisotopic (exact) mass is 172 g/mol. The highest BCUT2D eigenvalue weighted by molar-refractivity contribution is 4.61. The molecule has 0 aliphatic carbocycles. The van der Waals surface area contributed by atoms with Gasteiger partial charge in [0, 0.05) is 0 Å². The molecule has 0 spiro atoms. The van der Waals surface area contributed by atoms with Gasteiger partial charge in [-0.1, -0.05) is 6.58 Å². The van der Waals surface area contributed by atoms with E-state index in [4.69, 9.17) is 14.2 Å². The van der Waals surface area contributed by atoms with Crippen LogP contribution in [0, 0.1) is 0 Å². The second-order valence-corrected chi connectivity index (χ2v) is 2.75. The molecule has 0 aromatic carbocycles. The Kier molecular flexibility index (Phi) is 4.80. The third-order valence-electron chi connectivity index (χ3n) is 1.79. The van der Waals surface area contributed by atoms with Gasteiger partial charge in [-0.25, -0.2) is 0 Å². The Hall–Kier alpha value is -0.540. The van der Waals surface area contributed by atoms with Crippen molar-refractivity contribution < 1.29 is 14.2 Å². The van der Waals surface area contributed by atoms with Crippen molar-refractivity contribution in [2.45, 2.75) is 18.9 Å². The number of hydrogen-bond donors (Lipinski definition) is 0. The van der Waals surface area contributed by atoms with Crippen molar-refractivity contribution in [2.75, 3.05) is 26.4 Å². The first-order valence-electron chi connectivity index (χ1n) is 4.35. The third kappa shape index (κ3) is 3.74. The molecule has 1 heterocycles. The fourth-order valence-corrected chi connectivity index (χ4v) is 1.18. The van der Waals surface area contributed by atoms with E-state index in [-0.39, 0.29) is 6.10 Å². The number of ether oxygens (including phenoxy) is 3. The molecule has 70 valence electrons. The second-order valence-electron chi connectivity index (χ2n) is 2.75. The predicted octanol–water partition coefficient (Wildman–Crippen LogP) is 1.34. The zero-order valence-electron chi connectivity index (χ0n) is 7.33. The van der Waals surface area contributed by atoms with Crippen LogP contribution in [0.1, 0.15) is 12.8 Å². The third-order valence-corrected chi connectivity index (χ3v) is 1.79. The quantitative estimate of drug-likeness (QED) is 0.462. The van der Waals surface area contributed by atoms with E-state index in [0.29, 0.717) is 0 Å². The van der Waals surface area contributed by atoms with Crippen LogP contribution in [0.3, 0.4) is 0 Å². The van der Waals surface area contributed by atoms with Crippen LogP contribution in [0.15, 0.2) is 12.8 Å². The summed E-state index contributed by atoms with van der Waals surface area (Å²) in [7, 11) is 0. The summed E-state index contributed by atoms with van der Waals surface area (Å²) in [6.07, 6.45) is 3.75. The Labute approximate surface area is 73.3 Å². The molecule has 0 aromatic rings. The normalized spacial score (nSPS) is 23.5. The van der Waals surface area contributed by atoms with Gasteiger partial charge in [0.25, 0.3) is 0 Å². The molecule has 0 N–H and O–H groups in total. The molecule has 1 aliphatic heterocycles. The Morgan fingerprint density at radius 2 is 2.42 bits per heavy atom. The maximum atomic E-state index is 5.45. The lowest BCUT2D eigenvalue weighted by atomic mass is 10.2. The smallest absolute Gasteiger partial charge is 0.0874 e. The minimum Gasteiger partial charge on any atom is -0.502 e. The lowest BCUT2D eigenvalue weighted by molar-refractivity contribution is -0.0920. The van der Waals surface area contributed by atoms with Gasteiger partial charge in [0.15, 0.2) is 0 Å². The summed E-state index contributed by atoms with van der Waals surface area (Å²) in [5, 5.41) is 0. The largest absolute Gasteiger partial charge is 0.502 e. The van der Waals surface area contributed by atoms with Gasteiger partial charge >= 0.3 is 0 Å². The first-order chi connectivity index (χ1) is 5.93. The fourth-order valence-electron chi connectivity index (χ4n) is 1.18. The molecule has 1 rings (SSSR count). The van der Waals surface area contributed by atoms with Gasteiger partial charge in [0.05, 0.1) is 38.8 Å². The number of rotatable bonds is 5. The Balaban J connectivity index is 1.94. The fraction of sp³-hybridized carbons (Fsp3) is 0.778. The van der Waals surface area contributed by atoms with E-state index < -0.39 is 0 Å². The first-order valence-corrected chi connectivity index (χ1v) is 4.35. The molecule has 0 saturated carbocycles. The molecule has 1 fully saturated rings. The second kappa shape index (κ2) is 6.03. The maximum absolute atomic E-state index is 5.45. The van der Waals surface area contributed by atoms with Crippen LogP contribution < -0.4 is 0 Å². The van der Waals surface area contributed by atoms with Crippen molar-refractivity contribution >= 4 is 0 Å². The molecular formula is C9H16O3. The summed E-state index contributed by atoms with van der Waals surface area (Å²) < 4.78 is 15.7. The zero-order valence-corrected chi connectivity index (χ0v) is 7.33. The van der Waals surface area contributed by atoms with Gasteiger partial charge in [0.2, 0.25) is 0 Å². The minimum absolute atomic E-state index is 0.271. The molecule has 1 atom stereocenters. The summed E-state index contributed by atoms with van der Waals surface area (Å²) in [4.78, 5) is 0. The molecule has 0 radical (unpaired) electrons. The lowest BCUT2D eigenvalue weighted by Gasteiger charge is -2.22. The maximum Gasteiger partial charge on any atom is 0.0874 e. The number of hydrogen-bond acceptors (Lipinski definition) is 3. The standard InChI is InChI=1S/C9H16O3/c1-2-10-5-3-4-9-8-11-6-7-12-9/h2,9H,1,3-8H2. The van der Waals surface area contributed by atoms with Crippen LogP contribution >= 0.6 is 0 Å². The van der Waals surface area contributed by atoms with Gasteiger partial charge in [0.1, 0.15) is 0 Å². The molecule has 12 heavy (non-hydrogen) atoms. The Morgan fingerprint density at radius 3 is 3.08 bits per heavy atom. The molecule has 0 amide bonds. The van der Waals surface area contributed by atoms with Gasteiger partial charge in [-0.05, 0) is 12.8 Å². The Bertz CT molecular complexity index is 119. The van der Waals surface area contributed by atoms with E-state index in [1.54, 1.807) is 0 Å². The van der Waals surface area contributed by atoms with Crippen molar-refractivity contribution in [1.82, 2.24) is 0 Å². The minimum atomic E-state index is 0.271. The van der Waals surface area contributed by atoms with Crippen molar-refractivity contribution in [3.8, 4) is 0 Å². The van der Waals surface area contributed by atoms with Crippen LogP contribution in [0.4, 0.5) is 0 Å². The molecule has 1 aliphatic rings.